The predicted molar refractivity (Wildman–Crippen MR) is 112 cm³/mol. The van der Waals surface area contributed by atoms with Gasteiger partial charge in [0.2, 0.25) is 0 Å². The quantitative estimate of drug-likeness (QED) is 0.483. The third-order valence-corrected chi connectivity index (χ3v) is 5.11. The third kappa shape index (κ3) is 3.09. The van der Waals surface area contributed by atoms with Gasteiger partial charge in [0.15, 0.2) is 0 Å². The first kappa shape index (κ1) is 18.0. The van der Waals surface area contributed by atoms with E-state index in [1.54, 1.807) is 12.1 Å². The molecule has 4 rings (SSSR count). The van der Waals surface area contributed by atoms with Crippen molar-refractivity contribution in [2.24, 2.45) is 0 Å². The maximum absolute atomic E-state index is 12.7. The van der Waals surface area contributed by atoms with Gasteiger partial charge in [0.05, 0.1) is 5.56 Å². The van der Waals surface area contributed by atoms with Crippen molar-refractivity contribution in [3.63, 3.8) is 0 Å². The number of fused-ring (bicyclic) bond motifs is 2. The Balaban J connectivity index is 1.86. The standard InChI is InChI=1S/C23H21NO4/c1-4-24(5-2)17-8-6-16-12-19(23(26)28-21(16)13-17)15-7-9-20-18(11-15)14(3)10-22(25)27-20/h6-13H,4-5H2,1-3H3. The Morgan fingerprint density at radius 2 is 1.64 bits per heavy atom. The summed E-state index contributed by atoms with van der Waals surface area (Å²) in [5, 5.41) is 1.66. The molecule has 0 aliphatic heterocycles. The smallest absolute Gasteiger partial charge is 0.344 e. The minimum atomic E-state index is -0.390. The highest BCUT2D eigenvalue weighted by Gasteiger charge is 2.12. The average molecular weight is 375 g/mol. The van der Waals surface area contributed by atoms with Crippen LogP contribution in [0.25, 0.3) is 33.1 Å². The molecule has 0 radical (unpaired) electrons. The van der Waals surface area contributed by atoms with Crippen molar-refractivity contribution in [1.82, 2.24) is 0 Å². The summed E-state index contributed by atoms with van der Waals surface area (Å²) in [6.45, 7) is 7.81. The van der Waals surface area contributed by atoms with Crippen LogP contribution in [0.1, 0.15) is 19.4 Å². The van der Waals surface area contributed by atoms with Crippen LogP contribution in [0.5, 0.6) is 0 Å². The molecule has 4 aromatic rings. The molecule has 0 atom stereocenters. The molecule has 2 aromatic carbocycles. The van der Waals surface area contributed by atoms with E-state index in [4.69, 9.17) is 8.83 Å². The van der Waals surface area contributed by atoms with Crippen LogP contribution < -0.4 is 16.2 Å². The predicted octanol–water partition coefficient (Wildman–Crippen LogP) is 4.72. The second-order valence-electron chi connectivity index (χ2n) is 6.80. The zero-order valence-corrected chi connectivity index (χ0v) is 16.1. The molecule has 5 nitrogen and oxygen atoms in total. The Hall–Kier alpha value is -3.34. The molecular weight excluding hydrogens is 354 g/mol. The summed E-state index contributed by atoms with van der Waals surface area (Å²) in [6, 6.07) is 14.6. The minimum absolute atomic E-state index is 0.382. The highest BCUT2D eigenvalue weighted by molar-refractivity contribution is 5.88. The molecule has 142 valence electrons. The van der Waals surface area contributed by atoms with Gasteiger partial charge in [-0.05, 0) is 62.2 Å². The molecule has 0 bridgehead atoms. The van der Waals surface area contributed by atoms with Crippen LogP contribution in [0.4, 0.5) is 5.69 Å². The molecule has 0 N–H and O–H groups in total. The number of aryl methyl sites for hydroxylation is 1. The Kier molecular flexibility index (Phi) is 4.51. The van der Waals surface area contributed by atoms with E-state index in [1.807, 2.05) is 37.3 Å². The van der Waals surface area contributed by atoms with Gasteiger partial charge in [-0.25, -0.2) is 9.59 Å². The average Bonchev–Trinajstić information content (AvgIpc) is 2.68. The van der Waals surface area contributed by atoms with Crippen LogP contribution in [-0.2, 0) is 0 Å². The van der Waals surface area contributed by atoms with Crippen LogP contribution in [0, 0.1) is 6.92 Å². The zero-order valence-electron chi connectivity index (χ0n) is 16.1. The lowest BCUT2D eigenvalue weighted by molar-refractivity contribution is 0.559. The molecule has 0 aliphatic carbocycles. The molecule has 0 unspecified atom stereocenters. The number of nitrogens with zero attached hydrogens (tertiary/aromatic N) is 1. The van der Waals surface area contributed by atoms with Gasteiger partial charge in [-0.1, -0.05) is 6.07 Å². The number of rotatable bonds is 4. The van der Waals surface area contributed by atoms with E-state index in [0.29, 0.717) is 16.7 Å². The largest absolute Gasteiger partial charge is 0.423 e. The van der Waals surface area contributed by atoms with Crippen molar-refractivity contribution in [1.29, 1.82) is 0 Å². The highest BCUT2D eigenvalue weighted by atomic mass is 16.4. The van der Waals surface area contributed by atoms with Crippen LogP contribution in [-0.4, -0.2) is 13.1 Å². The van der Waals surface area contributed by atoms with Gasteiger partial charge in [-0.2, -0.15) is 0 Å². The van der Waals surface area contributed by atoms with Crippen molar-refractivity contribution in [3.05, 3.63) is 74.9 Å². The van der Waals surface area contributed by atoms with Gasteiger partial charge in [-0.3, -0.25) is 0 Å². The fourth-order valence-electron chi connectivity index (χ4n) is 3.57. The monoisotopic (exact) mass is 375 g/mol. The lowest BCUT2D eigenvalue weighted by Gasteiger charge is -2.21. The SMILES string of the molecule is CCN(CC)c1ccc2cc(-c3ccc4oc(=O)cc(C)c4c3)c(=O)oc2c1. The van der Waals surface area contributed by atoms with E-state index in [1.165, 1.54) is 6.07 Å². The van der Waals surface area contributed by atoms with E-state index >= 15 is 0 Å². The molecule has 28 heavy (non-hydrogen) atoms. The summed E-state index contributed by atoms with van der Waals surface area (Å²) in [4.78, 5) is 26.4. The minimum Gasteiger partial charge on any atom is -0.423 e. The van der Waals surface area contributed by atoms with Gasteiger partial charge in [0.1, 0.15) is 11.2 Å². The first-order valence-electron chi connectivity index (χ1n) is 9.38. The summed E-state index contributed by atoms with van der Waals surface area (Å²) in [5.74, 6) is 0. The van der Waals surface area contributed by atoms with Gasteiger partial charge in [-0.15, -0.1) is 0 Å². The van der Waals surface area contributed by atoms with E-state index in [2.05, 4.69) is 18.7 Å². The highest BCUT2D eigenvalue weighted by Crippen LogP contribution is 2.27. The molecule has 0 amide bonds. The van der Waals surface area contributed by atoms with Crippen LogP contribution in [0.2, 0.25) is 0 Å². The number of anilines is 1. The topological polar surface area (TPSA) is 63.7 Å². The molecule has 0 saturated heterocycles. The van der Waals surface area contributed by atoms with Crippen LogP contribution in [0.15, 0.2) is 67.0 Å². The zero-order chi connectivity index (χ0) is 19.8. The normalized spacial score (nSPS) is 11.2. The fourth-order valence-corrected chi connectivity index (χ4v) is 3.57. The summed E-state index contributed by atoms with van der Waals surface area (Å²) >= 11 is 0. The van der Waals surface area contributed by atoms with Crippen molar-refractivity contribution in [2.75, 3.05) is 18.0 Å². The van der Waals surface area contributed by atoms with Crippen LogP contribution >= 0.6 is 0 Å². The lowest BCUT2D eigenvalue weighted by Crippen LogP contribution is -2.21. The first-order valence-corrected chi connectivity index (χ1v) is 9.38. The number of benzene rings is 2. The molecule has 0 saturated carbocycles. The van der Waals surface area contributed by atoms with Gasteiger partial charge in [0.25, 0.3) is 0 Å². The Morgan fingerprint density at radius 1 is 0.857 bits per heavy atom. The van der Waals surface area contributed by atoms with Crippen LogP contribution in [0.3, 0.4) is 0 Å². The fraction of sp³-hybridized carbons (Fsp3) is 0.217. The molecule has 2 aromatic heterocycles. The molecule has 0 aliphatic rings. The second kappa shape index (κ2) is 7.00. The van der Waals surface area contributed by atoms with E-state index in [9.17, 15) is 9.59 Å². The van der Waals surface area contributed by atoms with E-state index < -0.39 is 5.63 Å². The molecule has 5 heteroatoms. The second-order valence-corrected chi connectivity index (χ2v) is 6.80. The Labute approximate surface area is 161 Å². The Bertz CT molecular complexity index is 1300. The van der Waals surface area contributed by atoms with Gasteiger partial charge in [0, 0.05) is 41.7 Å². The molecule has 2 heterocycles. The molecule has 0 fully saturated rings. The summed E-state index contributed by atoms with van der Waals surface area (Å²) < 4.78 is 10.9. The third-order valence-electron chi connectivity index (χ3n) is 5.11. The summed E-state index contributed by atoms with van der Waals surface area (Å²) in [7, 11) is 0. The number of hydrogen-bond donors (Lipinski definition) is 0. The van der Waals surface area contributed by atoms with Crippen molar-refractivity contribution >= 4 is 27.6 Å². The molecular formula is C23H21NO4. The van der Waals surface area contributed by atoms with E-state index in [-0.39, 0.29) is 5.63 Å². The van der Waals surface area contributed by atoms with Crippen molar-refractivity contribution in [3.8, 4) is 11.1 Å². The van der Waals surface area contributed by atoms with Gasteiger partial charge >= 0.3 is 11.3 Å². The first-order chi connectivity index (χ1) is 13.5. The summed E-state index contributed by atoms with van der Waals surface area (Å²) in [5.41, 5.74) is 3.35. The van der Waals surface area contributed by atoms with Gasteiger partial charge < -0.3 is 13.7 Å². The Morgan fingerprint density at radius 3 is 2.39 bits per heavy atom. The number of hydrogen-bond acceptors (Lipinski definition) is 5. The maximum atomic E-state index is 12.7. The molecule has 0 spiro atoms. The summed E-state index contributed by atoms with van der Waals surface area (Å²) in [6.07, 6.45) is 0. The van der Waals surface area contributed by atoms with Crippen molar-refractivity contribution in [2.45, 2.75) is 20.8 Å². The lowest BCUT2D eigenvalue weighted by atomic mass is 10.0. The maximum Gasteiger partial charge on any atom is 0.344 e. The van der Waals surface area contributed by atoms with Crippen molar-refractivity contribution < 1.29 is 8.83 Å². The van der Waals surface area contributed by atoms with E-state index in [0.717, 1.165) is 40.7 Å².